The topological polar surface area (TPSA) is 65.2 Å². The van der Waals surface area contributed by atoms with Gasteiger partial charge in [0, 0.05) is 29.3 Å². The second-order valence-corrected chi connectivity index (χ2v) is 8.05. The van der Waals surface area contributed by atoms with Gasteiger partial charge in [-0.15, -0.1) is 0 Å². The second-order valence-electron chi connectivity index (χ2n) is 6.49. The highest BCUT2D eigenvalue weighted by molar-refractivity contribution is 7.95. The lowest BCUT2D eigenvalue weighted by Gasteiger charge is -2.08. The van der Waals surface area contributed by atoms with E-state index in [1.54, 1.807) is 30.3 Å². The Morgan fingerprint density at radius 1 is 1.12 bits per heavy atom. The summed E-state index contributed by atoms with van der Waals surface area (Å²) in [6, 6.07) is 14.8. The molecule has 0 saturated carbocycles. The number of nitrogens with zero attached hydrogens (tertiary/aromatic N) is 1. The van der Waals surface area contributed by atoms with Crippen molar-refractivity contribution >= 4 is 32.7 Å². The number of aromatic amines is 1. The van der Waals surface area contributed by atoms with Crippen LogP contribution in [0.2, 0.25) is 0 Å². The summed E-state index contributed by atoms with van der Waals surface area (Å²) in [5.41, 5.74) is 3.68. The van der Waals surface area contributed by atoms with Crippen molar-refractivity contribution in [1.82, 2.24) is 9.88 Å². The first-order valence-electron chi connectivity index (χ1n) is 8.44. The van der Waals surface area contributed by atoms with E-state index in [1.807, 2.05) is 44.6 Å². The van der Waals surface area contributed by atoms with Gasteiger partial charge < -0.3 is 9.88 Å². The molecule has 2 N–H and O–H groups in total. The van der Waals surface area contributed by atoms with Gasteiger partial charge in [0.25, 0.3) is 10.0 Å². The lowest BCUT2D eigenvalue weighted by molar-refractivity contribution is 0.414. The van der Waals surface area contributed by atoms with E-state index in [9.17, 15) is 8.42 Å². The highest BCUT2D eigenvalue weighted by Crippen LogP contribution is 2.21. The zero-order chi connectivity index (χ0) is 18.6. The third kappa shape index (κ3) is 4.74. The Bertz CT molecular complexity index is 1010. The number of fused-ring (bicyclic) bond motifs is 1. The predicted molar refractivity (Wildman–Crippen MR) is 109 cm³/mol. The van der Waals surface area contributed by atoms with E-state index in [1.165, 1.54) is 11.0 Å². The molecule has 136 valence electrons. The Morgan fingerprint density at radius 3 is 2.62 bits per heavy atom. The van der Waals surface area contributed by atoms with Crippen LogP contribution < -0.4 is 4.72 Å². The van der Waals surface area contributed by atoms with Crippen molar-refractivity contribution in [3.8, 4) is 0 Å². The molecule has 0 radical (unpaired) electrons. The zero-order valence-electron chi connectivity index (χ0n) is 14.9. The monoisotopic (exact) mass is 369 g/mol. The maximum absolute atomic E-state index is 12.2. The number of nitrogens with one attached hydrogen (secondary N) is 2. The van der Waals surface area contributed by atoms with Gasteiger partial charge in [0.05, 0.1) is 5.41 Å². The number of hydrogen-bond acceptors (Lipinski definition) is 3. The number of hydrogen-bond donors (Lipinski definition) is 2. The number of anilines is 1. The molecule has 0 aliphatic rings. The normalized spacial score (nSPS) is 12.3. The van der Waals surface area contributed by atoms with Crippen LogP contribution in [0.3, 0.4) is 0 Å². The first-order valence-corrected chi connectivity index (χ1v) is 9.98. The molecule has 3 aromatic rings. The lowest BCUT2D eigenvalue weighted by Crippen LogP contribution is -2.14. The van der Waals surface area contributed by atoms with E-state index < -0.39 is 10.0 Å². The standard InChI is InChI=1S/C20H23N3O2S/c1-23(2)12-10-17-15-21-20-9-8-16(14-19(17)20)11-13-26(24,25)22-18-6-4-3-5-7-18/h3-9,11,13-15,21-22H,10,12H2,1-2H3. The van der Waals surface area contributed by atoms with Crippen LogP contribution >= 0.6 is 0 Å². The molecule has 1 aromatic heterocycles. The summed E-state index contributed by atoms with van der Waals surface area (Å²) in [6.07, 6.45) is 4.58. The van der Waals surface area contributed by atoms with Crippen LogP contribution in [0.4, 0.5) is 5.69 Å². The highest BCUT2D eigenvalue weighted by atomic mass is 32.2. The van der Waals surface area contributed by atoms with Crippen LogP contribution in [0, 0.1) is 0 Å². The predicted octanol–water partition coefficient (Wildman–Crippen LogP) is 3.68. The summed E-state index contributed by atoms with van der Waals surface area (Å²) in [5, 5.41) is 2.33. The van der Waals surface area contributed by atoms with Crippen LogP contribution in [-0.2, 0) is 16.4 Å². The Kier molecular flexibility index (Phi) is 5.44. The quantitative estimate of drug-likeness (QED) is 0.668. The first kappa shape index (κ1) is 18.2. The van der Waals surface area contributed by atoms with E-state index in [2.05, 4.69) is 14.6 Å². The van der Waals surface area contributed by atoms with Crippen molar-refractivity contribution in [2.45, 2.75) is 6.42 Å². The van der Waals surface area contributed by atoms with E-state index in [4.69, 9.17) is 0 Å². The number of likely N-dealkylation sites (N-methyl/N-ethyl adjacent to an activating group) is 1. The maximum Gasteiger partial charge on any atom is 0.255 e. The molecule has 0 aliphatic heterocycles. The Balaban J connectivity index is 1.79. The maximum atomic E-state index is 12.2. The molecule has 0 saturated heterocycles. The minimum Gasteiger partial charge on any atom is -0.361 e. The Morgan fingerprint density at radius 2 is 1.88 bits per heavy atom. The zero-order valence-corrected chi connectivity index (χ0v) is 15.8. The van der Waals surface area contributed by atoms with E-state index in [-0.39, 0.29) is 0 Å². The van der Waals surface area contributed by atoms with Gasteiger partial charge in [0.1, 0.15) is 0 Å². The molecule has 0 aliphatic carbocycles. The Hall–Kier alpha value is -2.57. The van der Waals surface area contributed by atoms with Crippen molar-refractivity contribution in [2.24, 2.45) is 0 Å². The Labute approximate surface area is 154 Å². The molecule has 0 atom stereocenters. The molecule has 26 heavy (non-hydrogen) atoms. The molecule has 0 unspecified atom stereocenters. The largest absolute Gasteiger partial charge is 0.361 e. The number of para-hydroxylation sites is 1. The van der Waals surface area contributed by atoms with Crippen molar-refractivity contribution in [1.29, 1.82) is 0 Å². The molecule has 2 aromatic carbocycles. The summed E-state index contributed by atoms with van der Waals surface area (Å²) in [6.45, 7) is 0.961. The van der Waals surface area contributed by atoms with Gasteiger partial charge in [0.2, 0.25) is 0 Å². The van der Waals surface area contributed by atoms with Crippen LogP contribution in [0.5, 0.6) is 0 Å². The van der Waals surface area contributed by atoms with Crippen LogP contribution in [-0.4, -0.2) is 38.9 Å². The number of benzene rings is 2. The third-order valence-electron chi connectivity index (χ3n) is 4.09. The van der Waals surface area contributed by atoms with Gasteiger partial charge in [0.15, 0.2) is 0 Å². The summed E-state index contributed by atoms with van der Waals surface area (Å²) < 4.78 is 27.0. The summed E-state index contributed by atoms with van der Waals surface area (Å²) in [7, 11) is 0.549. The van der Waals surface area contributed by atoms with E-state index in [0.717, 1.165) is 29.4 Å². The fourth-order valence-corrected chi connectivity index (χ4v) is 3.59. The summed E-state index contributed by atoms with van der Waals surface area (Å²) in [4.78, 5) is 5.41. The molecule has 0 spiro atoms. The third-order valence-corrected chi connectivity index (χ3v) is 5.11. The molecule has 5 nitrogen and oxygen atoms in total. The van der Waals surface area contributed by atoms with Gasteiger partial charge in [-0.2, -0.15) is 0 Å². The molecular formula is C20H23N3O2S. The molecule has 1 heterocycles. The van der Waals surface area contributed by atoms with Crippen LogP contribution in [0.15, 0.2) is 60.1 Å². The number of aromatic nitrogens is 1. The minimum absolute atomic E-state index is 0.546. The molecule has 0 amide bonds. The lowest BCUT2D eigenvalue weighted by atomic mass is 10.1. The SMILES string of the molecule is CN(C)CCc1c[nH]c2ccc(C=CS(=O)(=O)Nc3ccccc3)cc12. The molecule has 3 rings (SSSR count). The summed E-state index contributed by atoms with van der Waals surface area (Å²) in [5.74, 6) is 0. The average molecular weight is 369 g/mol. The smallest absolute Gasteiger partial charge is 0.255 e. The summed E-state index contributed by atoms with van der Waals surface area (Å²) >= 11 is 0. The minimum atomic E-state index is -3.55. The van der Waals surface area contributed by atoms with Crippen molar-refractivity contribution in [3.05, 3.63) is 71.3 Å². The second kappa shape index (κ2) is 7.76. The van der Waals surface area contributed by atoms with Crippen molar-refractivity contribution in [3.63, 3.8) is 0 Å². The molecule has 6 heteroatoms. The van der Waals surface area contributed by atoms with Crippen LogP contribution in [0.25, 0.3) is 17.0 Å². The van der Waals surface area contributed by atoms with Gasteiger partial charge in [-0.05, 0) is 62.0 Å². The molecule has 0 bridgehead atoms. The van der Waals surface area contributed by atoms with Crippen LogP contribution in [0.1, 0.15) is 11.1 Å². The number of H-pyrrole nitrogens is 1. The van der Waals surface area contributed by atoms with Crippen molar-refractivity contribution < 1.29 is 8.42 Å². The molecular weight excluding hydrogens is 346 g/mol. The highest BCUT2D eigenvalue weighted by Gasteiger charge is 2.07. The molecule has 0 fully saturated rings. The first-order chi connectivity index (χ1) is 12.4. The number of sulfonamides is 1. The van der Waals surface area contributed by atoms with Gasteiger partial charge in [-0.3, -0.25) is 4.72 Å². The number of rotatable bonds is 7. The van der Waals surface area contributed by atoms with Gasteiger partial charge in [-0.1, -0.05) is 24.3 Å². The van der Waals surface area contributed by atoms with E-state index >= 15 is 0 Å². The van der Waals surface area contributed by atoms with E-state index in [0.29, 0.717) is 5.69 Å². The fraction of sp³-hybridized carbons (Fsp3) is 0.200. The fourth-order valence-electron chi connectivity index (χ4n) is 2.72. The average Bonchev–Trinajstić information content (AvgIpc) is 3.01. The van der Waals surface area contributed by atoms with Gasteiger partial charge >= 0.3 is 0 Å². The van der Waals surface area contributed by atoms with Crippen molar-refractivity contribution in [2.75, 3.05) is 25.4 Å². The van der Waals surface area contributed by atoms with Gasteiger partial charge in [-0.25, -0.2) is 8.42 Å².